The third-order valence-electron chi connectivity index (χ3n) is 3.81. The molecular weight excluding hydrogens is 206 g/mol. The Kier molecular flexibility index (Phi) is 3.28. The van der Waals surface area contributed by atoms with Crippen molar-refractivity contribution in [1.29, 1.82) is 0 Å². The van der Waals surface area contributed by atoms with Crippen molar-refractivity contribution in [2.45, 2.75) is 19.8 Å². The molecule has 1 aliphatic carbocycles. The summed E-state index contributed by atoms with van der Waals surface area (Å²) in [5, 5.41) is 0. The maximum Gasteiger partial charge on any atom is 0.0802 e. The largest absolute Gasteiger partial charge is 0.393 e. The highest BCUT2D eigenvalue weighted by atomic mass is 32.1. The molecule has 0 amide bonds. The van der Waals surface area contributed by atoms with Crippen molar-refractivity contribution in [2.75, 3.05) is 39.3 Å². The highest BCUT2D eigenvalue weighted by Gasteiger charge is 2.46. The summed E-state index contributed by atoms with van der Waals surface area (Å²) in [7, 11) is 0. The maximum absolute atomic E-state index is 5.80. The summed E-state index contributed by atoms with van der Waals surface area (Å²) in [6.07, 6.45) is 2.41. The average molecular weight is 227 g/mol. The number of rotatable bonds is 4. The predicted molar refractivity (Wildman–Crippen MR) is 67.0 cm³/mol. The van der Waals surface area contributed by atoms with E-state index in [0.29, 0.717) is 0 Å². The molecule has 0 bridgehead atoms. The first-order valence-electron chi connectivity index (χ1n) is 5.91. The van der Waals surface area contributed by atoms with Gasteiger partial charge in [0.05, 0.1) is 4.99 Å². The van der Waals surface area contributed by atoms with Crippen LogP contribution in [0.25, 0.3) is 0 Å². The standard InChI is InChI=1S/C11H21N3S/c1-2-13-5-7-14(8-6-13)9-11(3-4-11)10(12)15/h2-9H2,1H3,(H2,12,15). The van der Waals surface area contributed by atoms with Crippen molar-refractivity contribution in [2.24, 2.45) is 11.1 Å². The van der Waals surface area contributed by atoms with E-state index in [9.17, 15) is 0 Å². The summed E-state index contributed by atoms with van der Waals surface area (Å²) in [5.41, 5.74) is 6.01. The van der Waals surface area contributed by atoms with Crippen molar-refractivity contribution in [3.8, 4) is 0 Å². The Morgan fingerprint density at radius 2 is 1.73 bits per heavy atom. The first kappa shape index (κ1) is 11.3. The SMILES string of the molecule is CCN1CCN(CC2(C(N)=S)CC2)CC1. The van der Waals surface area contributed by atoms with Gasteiger partial charge in [-0.3, -0.25) is 4.90 Å². The van der Waals surface area contributed by atoms with Crippen LogP contribution >= 0.6 is 12.2 Å². The van der Waals surface area contributed by atoms with E-state index in [1.165, 1.54) is 45.6 Å². The highest BCUT2D eigenvalue weighted by molar-refractivity contribution is 7.80. The summed E-state index contributed by atoms with van der Waals surface area (Å²) < 4.78 is 0. The lowest BCUT2D eigenvalue weighted by molar-refractivity contribution is 0.127. The second-order valence-corrected chi connectivity index (χ2v) is 5.29. The van der Waals surface area contributed by atoms with Crippen molar-refractivity contribution in [3.05, 3.63) is 0 Å². The fraction of sp³-hybridized carbons (Fsp3) is 0.909. The van der Waals surface area contributed by atoms with Gasteiger partial charge in [0.15, 0.2) is 0 Å². The number of piperazine rings is 1. The lowest BCUT2D eigenvalue weighted by Gasteiger charge is -2.35. The molecule has 0 aromatic heterocycles. The maximum atomic E-state index is 5.80. The summed E-state index contributed by atoms with van der Waals surface area (Å²) >= 11 is 5.15. The first-order chi connectivity index (χ1) is 7.16. The monoisotopic (exact) mass is 227 g/mol. The second-order valence-electron chi connectivity index (χ2n) is 4.85. The quantitative estimate of drug-likeness (QED) is 0.716. The van der Waals surface area contributed by atoms with Crippen molar-refractivity contribution in [1.82, 2.24) is 9.80 Å². The minimum atomic E-state index is 0.212. The van der Waals surface area contributed by atoms with E-state index in [1.54, 1.807) is 0 Å². The lowest BCUT2D eigenvalue weighted by atomic mass is 10.1. The number of thiocarbonyl (C=S) groups is 1. The van der Waals surface area contributed by atoms with Crippen LogP contribution < -0.4 is 5.73 Å². The number of nitrogens with zero attached hydrogens (tertiary/aromatic N) is 2. The Morgan fingerprint density at radius 1 is 1.20 bits per heavy atom. The van der Waals surface area contributed by atoms with Crippen LogP contribution in [0.2, 0.25) is 0 Å². The molecule has 0 radical (unpaired) electrons. The fourth-order valence-electron chi connectivity index (χ4n) is 2.32. The molecule has 1 heterocycles. The molecule has 0 unspecified atom stereocenters. The molecule has 0 spiro atoms. The van der Waals surface area contributed by atoms with E-state index < -0.39 is 0 Å². The van der Waals surface area contributed by atoms with Crippen LogP contribution in [0.15, 0.2) is 0 Å². The molecular formula is C11H21N3S. The van der Waals surface area contributed by atoms with E-state index in [0.717, 1.165) is 11.5 Å². The molecule has 2 rings (SSSR count). The van der Waals surface area contributed by atoms with E-state index in [4.69, 9.17) is 18.0 Å². The third-order valence-corrected chi connectivity index (χ3v) is 4.25. The first-order valence-corrected chi connectivity index (χ1v) is 6.32. The third kappa shape index (κ3) is 2.49. The molecule has 2 N–H and O–H groups in total. The topological polar surface area (TPSA) is 32.5 Å². The molecule has 1 aliphatic heterocycles. The van der Waals surface area contributed by atoms with Crippen LogP contribution in [0.1, 0.15) is 19.8 Å². The second kappa shape index (κ2) is 4.36. The number of hydrogen-bond donors (Lipinski definition) is 1. The van der Waals surface area contributed by atoms with Crippen LogP contribution in [0.3, 0.4) is 0 Å². The number of nitrogens with two attached hydrogens (primary N) is 1. The predicted octanol–water partition coefficient (Wildman–Crippen LogP) is 0.690. The van der Waals surface area contributed by atoms with Gasteiger partial charge < -0.3 is 10.6 Å². The van der Waals surface area contributed by atoms with Gasteiger partial charge in [0.2, 0.25) is 0 Å². The molecule has 3 nitrogen and oxygen atoms in total. The average Bonchev–Trinajstić information content (AvgIpc) is 3.00. The van der Waals surface area contributed by atoms with Gasteiger partial charge in [-0.2, -0.15) is 0 Å². The van der Waals surface area contributed by atoms with Gasteiger partial charge in [0, 0.05) is 38.1 Å². The minimum Gasteiger partial charge on any atom is -0.393 e. The van der Waals surface area contributed by atoms with Crippen LogP contribution in [-0.4, -0.2) is 54.1 Å². The molecule has 1 saturated heterocycles. The molecule has 1 saturated carbocycles. The number of hydrogen-bond acceptors (Lipinski definition) is 3. The van der Waals surface area contributed by atoms with Crippen molar-refractivity contribution >= 4 is 17.2 Å². The highest BCUT2D eigenvalue weighted by Crippen LogP contribution is 2.46. The normalized spacial score (nSPS) is 26.5. The van der Waals surface area contributed by atoms with E-state index in [1.807, 2.05) is 0 Å². The zero-order valence-corrected chi connectivity index (χ0v) is 10.4. The molecule has 15 heavy (non-hydrogen) atoms. The van der Waals surface area contributed by atoms with E-state index in [2.05, 4.69) is 16.7 Å². The number of likely N-dealkylation sites (N-methyl/N-ethyl adjacent to an activating group) is 1. The molecule has 0 aromatic rings. The lowest BCUT2D eigenvalue weighted by Crippen LogP contribution is -2.49. The Balaban J connectivity index is 1.80. The van der Waals surface area contributed by atoms with Crippen LogP contribution in [0.4, 0.5) is 0 Å². The Morgan fingerprint density at radius 3 is 2.13 bits per heavy atom. The van der Waals surface area contributed by atoms with Crippen LogP contribution in [0.5, 0.6) is 0 Å². The molecule has 4 heteroatoms. The zero-order valence-electron chi connectivity index (χ0n) is 9.54. The van der Waals surface area contributed by atoms with Gasteiger partial charge in [-0.15, -0.1) is 0 Å². The van der Waals surface area contributed by atoms with Gasteiger partial charge in [0.25, 0.3) is 0 Å². The van der Waals surface area contributed by atoms with Gasteiger partial charge in [-0.25, -0.2) is 0 Å². The smallest absolute Gasteiger partial charge is 0.0802 e. The summed E-state index contributed by atoms with van der Waals surface area (Å²) in [4.78, 5) is 5.76. The Labute approximate surface area is 97.6 Å². The van der Waals surface area contributed by atoms with Crippen LogP contribution in [-0.2, 0) is 0 Å². The van der Waals surface area contributed by atoms with E-state index in [-0.39, 0.29) is 5.41 Å². The molecule has 86 valence electrons. The summed E-state index contributed by atoms with van der Waals surface area (Å²) in [6, 6.07) is 0. The summed E-state index contributed by atoms with van der Waals surface area (Å²) in [5.74, 6) is 0. The van der Waals surface area contributed by atoms with Gasteiger partial charge in [-0.05, 0) is 19.4 Å². The summed E-state index contributed by atoms with van der Waals surface area (Å²) in [6.45, 7) is 9.26. The molecule has 0 atom stereocenters. The molecule has 0 aromatic carbocycles. The van der Waals surface area contributed by atoms with Gasteiger partial charge in [0.1, 0.15) is 0 Å². The molecule has 2 fully saturated rings. The van der Waals surface area contributed by atoms with E-state index >= 15 is 0 Å². The van der Waals surface area contributed by atoms with Crippen LogP contribution in [0, 0.1) is 5.41 Å². The minimum absolute atomic E-state index is 0.212. The molecule has 2 aliphatic rings. The Hall–Kier alpha value is -0.190. The van der Waals surface area contributed by atoms with Gasteiger partial charge >= 0.3 is 0 Å². The zero-order chi connectivity index (χ0) is 10.9. The van der Waals surface area contributed by atoms with Crippen molar-refractivity contribution in [3.63, 3.8) is 0 Å². The Bertz CT molecular complexity index is 242. The van der Waals surface area contributed by atoms with Gasteiger partial charge in [-0.1, -0.05) is 19.1 Å². The fourth-order valence-corrected chi connectivity index (χ4v) is 2.59. The van der Waals surface area contributed by atoms with Crippen molar-refractivity contribution < 1.29 is 0 Å².